The lowest BCUT2D eigenvalue weighted by Gasteiger charge is -2.41. The van der Waals surface area contributed by atoms with Crippen molar-refractivity contribution in [3.63, 3.8) is 0 Å². The van der Waals surface area contributed by atoms with Gasteiger partial charge in [-0.1, -0.05) is 88.4 Å². The molecule has 29 heavy (non-hydrogen) atoms. The number of hydrogen-bond donors (Lipinski definition) is 0. The first kappa shape index (κ1) is 24.1. The van der Waals surface area contributed by atoms with E-state index < -0.39 is 16.6 Å². The van der Waals surface area contributed by atoms with Crippen LogP contribution in [0.3, 0.4) is 0 Å². The van der Waals surface area contributed by atoms with Crippen LogP contribution < -0.4 is 0 Å². The summed E-state index contributed by atoms with van der Waals surface area (Å²) in [5.74, 6) is 0. The van der Waals surface area contributed by atoms with E-state index in [1.807, 2.05) is 0 Å². The third kappa shape index (κ3) is 7.54. The van der Waals surface area contributed by atoms with Gasteiger partial charge in [0.05, 0.1) is 0 Å². The van der Waals surface area contributed by atoms with E-state index in [1.165, 1.54) is 73.1 Å². The largest absolute Gasteiger partial charge is 0.455 e. The Kier molecular flexibility index (Phi) is 10.4. The van der Waals surface area contributed by atoms with Crippen LogP contribution in [0.5, 0.6) is 0 Å². The summed E-state index contributed by atoms with van der Waals surface area (Å²) in [6, 6.07) is 29.7. The molecule has 0 aromatic heterocycles. The summed E-state index contributed by atoms with van der Waals surface area (Å²) in [5, 5.41) is 0. The molecule has 3 heteroatoms. The third-order valence-corrected chi connectivity index (χ3v) is 18.0. The van der Waals surface area contributed by atoms with Crippen LogP contribution in [0.15, 0.2) is 60.7 Å². The Balaban J connectivity index is 1.98. The lowest BCUT2D eigenvalue weighted by atomic mass is 10.1. The lowest BCUT2D eigenvalue weighted by molar-refractivity contribution is 0.498. The Hall–Kier alpha value is -1.17. The van der Waals surface area contributed by atoms with Crippen LogP contribution in [0.1, 0.15) is 51.7 Å². The predicted octanol–water partition coefficient (Wildman–Crippen LogP) is 8.24. The predicted molar refractivity (Wildman–Crippen MR) is 134 cm³/mol. The molecule has 0 saturated carbocycles. The van der Waals surface area contributed by atoms with Crippen LogP contribution in [-0.2, 0) is 17.0 Å². The van der Waals surface area contributed by atoms with Gasteiger partial charge in [0.2, 0.25) is 0 Å². The molecule has 2 aromatic rings. The summed E-state index contributed by atoms with van der Waals surface area (Å²) < 4.78 is 7.38. The molecule has 1 nitrogen and oxygen atoms in total. The summed E-state index contributed by atoms with van der Waals surface area (Å²) >= 11 is 0. The van der Waals surface area contributed by atoms with Crippen LogP contribution in [-0.4, -0.2) is 16.6 Å². The molecule has 0 spiro atoms. The first-order valence-corrected chi connectivity index (χ1v) is 16.9. The van der Waals surface area contributed by atoms with Crippen LogP contribution in [0.25, 0.3) is 0 Å². The second-order valence-corrected chi connectivity index (χ2v) is 17.9. The minimum Gasteiger partial charge on any atom is -0.455 e. The van der Waals surface area contributed by atoms with Crippen LogP contribution in [0.4, 0.5) is 0 Å². The van der Waals surface area contributed by atoms with E-state index in [0.717, 1.165) is 0 Å². The average molecular weight is 427 g/mol. The van der Waals surface area contributed by atoms with Gasteiger partial charge in [-0.3, -0.25) is 0 Å². The fourth-order valence-electron chi connectivity index (χ4n) is 4.58. The van der Waals surface area contributed by atoms with Crippen molar-refractivity contribution in [2.75, 3.05) is 0 Å². The molecule has 0 radical (unpaired) electrons. The van der Waals surface area contributed by atoms with Crippen molar-refractivity contribution in [3.8, 4) is 0 Å². The zero-order valence-electron chi connectivity index (χ0n) is 19.3. The molecule has 0 aliphatic rings. The van der Waals surface area contributed by atoms with E-state index in [0.29, 0.717) is 0 Å². The van der Waals surface area contributed by atoms with Gasteiger partial charge in [0, 0.05) is 0 Å². The Labute approximate surface area is 182 Å². The van der Waals surface area contributed by atoms with Gasteiger partial charge in [-0.15, -0.1) is 0 Å². The molecule has 0 bridgehead atoms. The minimum atomic E-state index is -1.64. The smallest absolute Gasteiger partial charge is 0.179 e. The van der Waals surface area contributed by atoms with Gasteiger partial charge < -0.3 is 4.12 Å². The van der Waals surface area contributed by atoms with Crippen molar-refractivity contribution in [2.45, 2.75) is 89.6 Å². The van der Waals surface area contributed by atoms with E-state index in [9.17, 15) is 0 Å². The normalized spacial score (nSPS) is 12.3. The molecule has 0 aliphatic carbocycles. The molecule has 160 valence electrons. The number of hydrogen-bond acceptors (Lipinski definition) is 1. The lowest BCUT2D eigenvalue weighted by Crippen LogP contribution is -2.50. The highest BCUT2D eigenvalue weighted by Gasteiger charge is 2.40. The van der Waals surface area contributed by atoms with E-state index in [4.69, 9.17) is 4.12 Å². The molecule has 2 rings (SSSR count). The number of benzene rings is 2. The SMILES string of the molecule is CC[Si](CC)(CCCc1ccccc1)O[Si](CC)(CC)CCCc1ccccc1. The van der Waals surface area contributed by atoms with E-state index in [-0.39, 0.29) is 0 Å². The van der Waals surface area contributed by atoms with Crippen LogP contribution in [0, 0.1) is 0 Å². The van der Waals surface area contributed by atoms with Crippen molar-refractivity contribution in [1.82, 2.24) is 0 Å². The zero-order valence-corrected chi connectivity index (χ0v) is 21.3. The van der Waals surface area contributed by atoms with Gasteiger partial charge in [-0.05, 0) is 73.1 Å². The Morgan fingerprint density at radius 2 is 0.897 bits per heavy atom. The van der Waals surface area contributed by atoms with Crippen LogP contribution >= 0.6 is 0 Å². The molecule has 0 heterocycles. The van der Waals surface area contributed by atoms with Gasteiger partial charge in [-0.25, -0.2) is 0 Å². The molecule has 0 unspecified atom stereocenters. The van der Waals surface area contributed by atoms with Crippen molar-refractivity contribution in [1.29, 1.82) is 0 Å². The van der Waals surface area contributed by atoms with Crippen molar-refractivity contribution >= 4 is 16.6 Å². The molecule has 0 atom stereocenters. The molecule has 0 N–H and O–H groups in total. The quantitative estimate of drug-likeness (QED) is 0.276. The van der Waals surface area contributed by atoms with Gasteiger partial charge >= 0.3 is 0 Å². The minimum absolute atomic E-state index is 1.19. The summed E-state index contributed by atoms with van der Waals surface area (Å²) in [5.41, 5.74) is 2.94. The maximum Gasteiger partial charge on any atom is 0.179 e. The molecule has 0 aliphatic heterocycles. The molecule has 0 fully saturated rings. The second kappa shape index (κ2) is 12.5. The molecule has 0 saturated heterocycles. The summed E-state index contributed by atoms with van der Waals surface area (Å²) in [6.07, 6.45) is 4.94. The zero-order chi connectivity index (χ0) is 21.0. The third-order valence-electron chi connectivity index (χ3n) is 6.89. The topological polar surface area (TPSA) is 9.23 Å². The van der Waals surface area contributed by atoms with Crippen molar-refractivity contribution < 1.29 is 4.12 Å². The number of rotatable bonds is 14. The maximum absolute atomic E-state index is 7.38. The van der Waals surface area contributed by atoms with Gasteiger partial charge in [-0.2, -0.15) is 0 Å². The summed E-state index contributed by atoms with van der Waals surface area (Å²) in [7, 11) is -3.28. The Bertz CT molecular complexity index is 604. The van der Waals surface area contributed by atoms with Gasteiger partial charge in [0.1, 0.15) is 0 Å². The van der Waals surface area contributed by atoms with Crippen molar-refractivity contribution in [2.24, 2.45) is 0 Å². The van der Waals surface area contributed by atoms with E-state index in [1.54, 1.807) is 0 Å². The molecular formula is C26H42OSi2. The van der Waals surface area contributed by atoms with Crippen LogP contribution in [0.2, 0.25) is 36.3 Å². The highest BCUT2D eigenvalue weighted by atomic mass is 28.4. The van der Waals surface area contributed by atoms with Crippen molar-refractivity contribution in [3.05, 3.63) is 71.8 Å². The highest BCUT2D eigenvalue weighted by molar-refractivity contribution is 6.87. The fraction of sp³-hybridized carbons (Fsp3) is 0.538. The number of aryl methyl sites for hydroxylation is 2. The molecule has 2 aromatic carbocycles. The second-order valence-electron chi connectivity index (χ2n) is 8.56. The Morgan fingerprint density at radius 1 is 0.552 bits per heavy atom. The van der Waals surface area contributed by atoms with E-state index >= 15 is 0 Å². The van der Waals surface area contributed by atoms with E-state index in [2.05, 4.69) is 88.4 Å². The molecular weight excluding hydrogens is 384 g/mol. The molecule has 0 amide bonds. The highest BCUT2D eigenvalue weighted by Crippen LogP contribution is 2.34. The maximum atomic E-state index is 7.38. The Morgan fingerprint density at radius 3 is 1.21 bits per heavy atom. The van der Waals surface area contributed by atoms with Gasteiger partial charge in [0.15, 0.2) is 16.6 Å². The summed E-state index contributed by atoms with van der Waals surface area (Å²) in [6.45, 7) is 9.58. The fourth-order valence-corrected chi connectivity index (χ4v) is 15.4. The standard InChI is InChI=1S/C26H42OSi2/c1-5-28(6-2,23-15-21-25-17-11-9-12-18-25)27-29(7-3,8-4)24-16-22-26-19-13-10-14-20-26/h9-14,17-20H,5-8,15-16,21-24H2,1-4H3. The summed E-state index contributed by atoms with van der Waals surface area (Å²) in [4.78, 5) is 0. The first-order valence-electron chi connectivity index (χ1n) is 11.9. The first-order chi connectivity index (χ1) is 14.1. The average Bonchev–Trinajstić information content (AvgIpc) is 2.79. The van der Waals surface area contributed by atoms with Gasteiger partial charge in [0.25, 0.3) is 0 Å². The monoisotopic (exact) mass is 426 g/mol.